The van der Waals surface area contributed by atoms with Crippen molar-refractivity contribution in [3.05, 3.63) is 18.0 Å². The lowest BCUT2D eigenvalue weighted by molar-refractivity contribution is 0.496. The Balaban J connectivity index is 1.84. The van der Waals surface area contributed by atoms with Gasteiger partial charge in [0.2, 0.25) is 0 Å². The van der Waals surface area contributed by atoms with Crippen LogP contribution in [0.1, 0.15) is 45.2 Å². The van der Waals surface area contributed by atoms with E-state index in [0.29, 0.717) is 6.04 Å². The summed E-state index contributed by atoms with van der Waals surface area (Å²) in [6.45, 7) is 6.45. The molecule has 2 unspecified atom stereocenters. The summed E-state index contributed by atoms with van der Waals surface area (Å²) in [5, 5.41) is 8.93. The molecule has 2 atom stereocenters. The molecule has 1 aromatic heterocycles. The highest BCUT2D eigenvalue weighted by molar-refractivity contribution is 7.99. The van der Waals surface area contributed by atoms with Crippen LogP contribution in [-0.2, 0) is 13.1 Å². The maximum absolute atomic E-state index is 4.38. The van der Waals surface area contributed by atoms with Crippen molar-refractivity contribution in [1.82, 2.24) is 15.1 Å². The van der Waals surface area contributed by atoms with E-state index in [-0.39, 0.29) is 0 Å². The molecule has 1 fully saturated rings. The largest absolute Gasteiger partial charge is 0.307 e. The second-order valence-corrected chi connectivity index (χ2v) is 6.47. The van der Waals surface area contributed by atoms with Crippen molar-refractivity contribution in [2.24, 2.45) is 0 Å². The number of aryl methyl sites for hydroxylation is 1. The van der Waals surface area contributed by atoms with Crippen LogP contribution in [0.2, 0.25) is 0 Å². The molecule has 0 spiro atoms. The van der Waals surface area contributed by atoms with Crippen LogP contribution in [-0.4, -0.2) is 26.8 Å². The van der Waals surface area contributed by atoms with Gasteiger partial charge in [0, 0.05) is 30.6 Å². The first-order valence-electron chi connectivity index (χ1n) is 7.20. The molecule has 4 heteroatoms. The molecule has 0 aromatic carbocycles. The summed E-state index contributed by atoms with van der Waals surface area (Å²) in [7, 11) is 0. The van der Waals surface area contributed by atoms with Crippen LogP contribution >= 0.6 is 11.8 Å². The van der Waals surface area contributed by atoms with Crippen LogP contribution in [0.3, 0.4) is 0 Å². The molecule has 2 rings (SSSR count). The average Bonchev–Trinajstić information content (AvgIpc) is 2.97. The molecule has 18 heavy (non-hydrogen) atoms. The molecule has 0 aliphatic heterocycles. The number of thioether (sulfide) groups is 1. The third-order valence-corrected chi connectivity index (χ3v) is 4.94. The Hall–Kier alpha value is -0.480. The Kier molecular flexibility index (Phi) is 5.57. The van der Waals surface area contributed by atoms with E-state index >= 15 is 0 Å². The lowest BCUT2D eigenvalue weighted by Gasteiger charge is -2.20. The lowest BCUT2D eigenvalue weighted by Crippen LogP contribution is -2.34. The number of hydrogen-bond donors (Lipinski definition) is 1. The zero-order valence-electron chi connectivity index (χ0n) is 11.6. The molecule has 0 amide bonds. The summed E-state index contributed by atoms with van der Waals surface area (Å²) in [5.41, 5.74) is 1.32. The third-order valence-electron chi connectivity index (χ3n) is 3.62. The first kappa shape index (κ1) is 13.9. The molecule has 1 aromatic rings. The Bertz CT molecular complexity index is 351. The molecule has 1 saturated carbocycles. The Morgan fingerprint density at radius 2 is 2.33 bits per heavy atom. The van der Waals surface area contributed by atoms with Crippen molar-refractivity contribution in [2.75, 3.05) is 5.75 Å². The quantitative estimate of drug-likeness (QED) is 0.823. The topological polar surface area (TPSA) is 29.9 Å². The van der Waals surface area contributed by atoms with Crippen molar-refractivity contribution in [3.8, 4) is 0 Å². The molecule has 1 heterocycles. The molecule has 1 N–H and O–H groups in total. The fourth-order valence-electron chi connectivity index (χ4n) is 2.73. The van der Waals surface area contributed by atoms with Gasteiger partial charge in [-0.25, -0.2) is 0 Å². The van der Waals surface area contributed by atoms with E-state index in [0.717, 1.165) is 24.8 Å². The zero-order valence-corrected chi connectivity index (χ0v) is 12.4. The van der Waals surface area contributed by atoms with Gasteiger partial charge in [-0.15, -0.1) is 0 Å². The summed E-state index contributed by atoms with van der Waals surface area (Å²) in [5.74, 6) is 1.23. The fraction of sp³-hybridized carbons (Fsp3) is 0.786. The highest BCUT2D eigenvalue weighted by Crippen LogP contribution is 2.30. The van der Waals surface area contributed by atoms with E-state index in [1.54, 1.807) is 0 Å². The van der Waals surface area contributed by atoms with E-state index in [1.165, 1.54) is 30.7 Å². The van der Waals surface area contributed by atoms with Crippen molar-refractivity contribution in [1.29, 1.82) is 0 Å². The maximum atomic E-state index is 4.38. The van der Waals surface area contributed by atoms with Crippen molar-refractivity contribution in [3.63, 3.8) is 0 Å². The number of rotatable bonds is 7. The van der Waals surface area contributed by atoms with Crippen molar-refractivity contribution in [2.45, 2.75) is 63.9 Å². The predicted octanol–water partition coefficient (Wildman–Crippen LogP) is 3.06. The number of hydrogen-bond acceptors (Lipinski definition) is 3. The highest BCUT2D eigenvalue weighted by atomic mass is 32.2. The first-order valence-corrected chi connectivity index (χ1v) is 8.25. The van der Waals surface area contributed by atoms with Crippen LogP contribution < -0.4 is 5.32 Å². The van der Waals surface area contributed by atoms with E-state index in [9.17, 15) is 0 Å². The van der Waals surface area contributed by atoms with Crippen molar-refractivity contribution < 1.29 is 0 Å². The third kappa shape index (κ3) is 3.51. The van der Waals surface area contributed by atoms with E-state index in [4.69, 9.17) is 0 Å². The second kappa shape index (κ2) is 7.19. The van der Waals surface area contributed by atoms with Gasteiger partial charge in [-0.1, -0.05) is 20.3 Å². The van der Waals surface area contributed by atoms with E-state index in [1.807, 2.05) is 6.20 Å². The van der Waals surface area contributed by atoms with Gasteiger partial charge in [-0.3, -0.25) is 4.68 Å². The summed E-state index contributed by atoms with van der Waals surface area (Å²) >= 11 is 2.11. The van der Waals surface area contributed by atoms with Gasteiger partial charge in [0.15, 0.2) is 0 Å². The minimum atomic E-state index is 0.694. The molecular weight excluding hydrogens is 242 g/mol. The predicted molar refractivity (Wildman–Crippen MR) is 78.9 cm³/mol. The molecule has 0 saturated heterocycles. The summed E-state index contributed by atoms with van der Waals surface area (Å²) in [4.78, 5) is 0. The van der Waals surface area contributed by atoms with Gasteiger partial charge >= 0.3 is 0 Å². The highest BCUT2D eigenvalue weighted by Gasteiger charge is 2.26. The van der Waals surface area contributed by atoms with Crippen LogP contribution in [0.4, 0.5) is 0 Å². The molecular formula is C14H25N3S. The maximum Gasteiger partial charge on any atom is 0.0522 e. The summed E-state index contributed by atoms with van der Waals surface area (Å²) in [6.07, 6.45) is 7.15. The van der Waals surface area contributed by atoms with Gasteiger partial charge in [-0.05, 0) is 31.1 Å². The number of nitrogens with one attached hydrogen (secondary N) is 1. The normalized spacial score (nSPS) is 23.7. The summed E-state index contributed by atoms with van der Waals surface area (Å²) < 4.78 is 2.13. The minimum absolute atomic E-state index is 0.694. The van der Waals surface area contributed by atoms with E-state index in [2.05, 4.69) is 46.8 Å². The van der Waals surface area contributed by atoms with Crippen molar-refractivity contribution >= 4 is 11.8 Å². The average molecular weight is 267 g/mol. The van der Waals surface area contributed by atoms with Gasteiger partial charge in [0.1, 0.15) is 0 Å². The lowest BCUT2D eigenvalue weighted by atomic mass is 10.2. The van der Waals surface area contributed by atoms with Crippen LogP contribution in [0.25, 0.3) is 0 Å². The van der Waals surface area contributed by atoms with Crippen LogP contribution in [0, 0.1) is 0 Å². The van der Waals surface area contributed by atoms with Gasteiger partial charge in [0.05, 0.1) is 5.69 Å². The van der Waals surface area contributed by atoms with Gasteiger partial charge in [-0.2, -0.15) is 16.9 Å². The number of nitrogens with zero attached hydrogens (tertiary/aromatic N) is 2. The molecule has 1 aliphatic carbocycles. The Morgan fingerprint density at radius 1 is 1.44 bits per heavy atom. The Morgan fingerprint density at radius 3 is 3.11 bits per heavy atom. The molecule has 1 aliphatic rings. The SMILES string of the molecule is CCCn1nccc1CNC1CCCC1SCC. The van der Waals surface area contributed by atoms with Gasteiger partial charge < -0.3 is 5.32 Å². The molecule has 3 nitrogen and oxygen atoms in total. The van der Waals surface area contributed by atoms with Crippen LogP contribution in [0.15, 0.2) is 12.3 Å². The monoisotopic (exact) mass is 267 g/mol. The Labute approximate surface area is 115 Å². The zero-order chi connectivity index (χ0) is 12.8. The number of aromatic nitrogens is 2. The van der Waals surface area contributed by atoms with E-state index < -0.39 is 0 Å². The first-order chi connectivity index (χ1) is 8.85. The molecule has 0 radical (unpaired) electrons. The van der Waals surface area contributed by atoms with Crippen LogP contribution in [0.5, 0.6) is 0 Å². The second-order valence-electron chi connectivity index (χ2n) is 4.96. The fourth-order valence-corrected chi connectivity index (χ4v) is 3.96. The summed E-state index contributed by atoms with van der Waals surface area (Å²) in [6, 6.07) is 2.83. The molecule has 102 valence electrons. The van der Waals surface area contributed by atoms with Gasteiger partial charge in [0.25, 0.3) is 0 Å². The minimum Gasteiger partial charge on any atom is -0.307 e. The smallest absolute Gasteiger partial charge is 0.0522 e. The molecule has 0 bridgehead atoms. The standard InChI is InChI=1S/C14H25N3S/c1-3-10-17-12(8-9-16-17)11-15-13-6-5-7-14(13)18-4-2/h8-9,13-15H,3-7,10-11H2,1-2H3.